The van der Waals surface area contributed by atoms with Gasteiger partial charge in [-0.2, -0.15) is 0 Å². The van der Waals surface area contributed by atoms with Crippen LogP contribution in [0.2, 0.25) is 0 Å². The van der Waals surface area contributed by atoms with Crippen LogP contribution in [0.1, 0.15) is 73.1 Å². The Balaban J connectivity index is 1.95. The van der Waals surface area contributed by atoms with E-state index in [0.29, 0.717) is 11.0 Å². The predicted octanol–water partition coefficient (Wildman–Crippen LogP) is 4.06. The second kappa shape index (κ2) is 6.36. The third kappa shape index (κ3) is 4.46. The first-order valence-corrected chi connectivity index (χ1v) is 8.76. The van der Waals surface area contributed by atoms with E-state index < -0.39 is 0 Å². The fourth-order valence-electron chi connectivity index (χ4n) is 4.59. The second-order valence-electron chi connectivity index (χ2n) is 8.95. The molecule has 1 saturated carbocycles. The maximum absolute atomic E-state index is 3.81. The van der Waals surface area contributed by atoms with E-state index in [4.69, 9.17) is 0 Å². The summed E-state index contributed by atoms with van der Waals surface area (Å²) in [6.07, 6.45) is 8.54. The molecule has 1 atom stereocenters. The first-order chi connectivity index (χ1) is 9.28. The summed E-state index contributed by atoms with van der Waals surface area (Å²) >= 11 is 0. The van der Waals surface area contributed by atoms with Gasteiger partial charge in [-0.15, -0.1) is 0 Å². The van der Waals surface area contributed by atoms with Crippen molar-refractivity contribution in [2.45, 2.75) is 84.7 Å². The number of nitrogens with zero attached hydrogens (tertiary/aromatic N) is 1. The van der Waals surface area contributed by atoms with Gasteiger partial charge in [0.05, 0.1) is 0 Å². The van der Waals surface area contributed by atoms with Gasteiger partial charge in [-0.25, -0.2) is 0 Å². The van der Waals surface area contributed by atoms with Gasteiger partial charge >= 0.3 is 0 Å². The monoisotopic (exact) mass is 280 g/mol. The number of piperazine rings is 1. The Labute approximate surface area is 126 Å². The molecule has 1 saturated heterocycles. The highest BCUT2D eigenvalue weighted by molar-refractivity contribution is 4.93. The normalized spacial score (nSPS) is 27.8. The first kappa shape index (κ1) is 16.3. The SMILES string of the molecule is CC(C)(C)CC(C)(C)N1CCNC(C2CCCCC2)C1. The van der Waals surface area contributed by atoms with E-state index in [-0.39, 0.29) is 0 Å². The molecule has 0 amide bonds. The van der Waals surface area contributed by atoms with E-state index >= 15 is 0 Å². The van der Waals surface area contributed by atoms with Gasteiger partial charge in [0.2, 0.25) is 0 Å². The molecule has 2 heteroatoms. The van der Waals surface area contributed by atoms with E-state index in [9.17, 15) is 0 Å². The Kier molecular flexibility index (Phi) is 5.18. The number of hydrogen-bond donors (Lipinski definition) is 1. The summed E-state index contributed by atoms with van der Waals surface area (Å²) in [6.45, 7) is 15.7. The van der Waals surface area contributed by atoms with Crippen molar-refractivity contribution < 1.29 is 0 Å². The van der Waals surface area contributed by atoms with Gasteiger partial charge < -0.3 is 5.32 Å². The molecule has 0 aromatic carbocycles. The van der Waals surface area contributed by atoms with E-state index in [0.717, 1.165) is 12.0 Å². The molecule has 0 bridgehead atoms. The van der Waals surface area contributed by atoms with E-state index in [1.54, 1.807) is 0 Å². The van der Waals surface area contributed by atoms with Crippen LogP contribution in [0.5, 0.6) is 0 Å². The van der Waals surface area contributed by atoms with Crippen molar-refractivity contribution in [1.82, 2.24) is 10.2 Å². The van der Waals surface area contributed by atoms with Gasteiger partial charge in [0.25, 0.3) is 0 Å². The van der Waals surface area contributed by atoms with Crippen LogP contribution in [-0.2, 0) is 0 Å². The maximum atomic E-state index is 3.81. The molecule has 0 radical (unpaired) electrons. The van der Waals surface area contributed by atoms with Gasteiger partial charge in [-0.05, 0) is 44.4 Å². The summed E-state index contributed by atoms with van der Waals surface area (Å²) in [7, 11) is 0. The Bertz CT molecular complexity index is 297. The highest BCUT2D eigenvalue weighted by Gasteiger charge is 2.36. The zero-order chi connectivity index (χ0) is 14.8. The predicted molar refractivity (Wildman–Crippen MR) is 88.1 cm³/mol. The lowest BCUT2D eigenvalue weighted by Gasteiger charge is -2.48. The van der Waals surface area contributed by atoms with Crippen molar-refractivity contribution in [1.29, 1.82) is 0 Å². The van der Waals surface area contributed by atoms with Crippen LogP contribution in [0.15, 0.2) is 0 Å². The number of nitrogens with one attached hydrogen (secondary N) is 1. The maximum Gasteiger partial charge on any atom is 0.0223 e. The molecule has 1 heterocycles. The van der Waals surface area contributed by atoms with Crippen molar-refractivity contribution in [3.05, 3.63) is 0 Å². The molecule has 2 rings (SSSR count). The third-order valence-corrected chi connectivity index (χ3v) is 5.24. The molecule has 2 nitrogen and oxygen atoms in total. The van der Waals surface area contributed by atoms with Crippen LogP contribution in [0.25, 0.3) is 0 Å². The lowest BCUT2D eigenvalue weighted by Crippen LogP contribution is -2.60. The minimum atomic E-state index is 0.327. The van der Waals surface area contributed by atoms with Gasteiger partial charge in [0.15, 0.2) is 0 Å². The van der Waals surface area contributed by atoms with Gasteiger partial charge in [-0.3, -0.25) is 4.90 Å². The lowest BCUT2D eigenvalue weighted by molar-refractivity contribution is 0.0351. The van der Waals surface area contributed by atoms with Crippen LogP contribution >= 0.6 is 0 Å². The molecule has 0 aromatic heterocycles. The largest absolute Gasteiger partial charge is 0.311 e. The fraction of sp³-hybridized carbons (Fsp3) is 1.00. The van der Waals surface area contributed by atoms with Crippen LogP contribution in [-0.4, -0.2) is 36.1 Å². The zero-order valence-electron chi connectivity index (χ0n) is 14.5. The van der Waals surface area contributed by atoms with Crippen molar-refractivity contribution in [2.75, 3.05) is 19.6 Å². The third-order valence-electron chi connectivity index (χ3n) is 5.24. The fourth-order valence-corrected chi connectivity index (χ4v) is 4.59. The van der Waals surface area contributed by atoms with Crippen LogP contribution < -0.4 is 5.32 Å². The second-order valence-corrected chi connectivity index (χ2v) is 8.95. The van der Waals surface area contributed by atoms with Crippen LogP contribution in [0, 0.1) is 11.3 Å². The zero-order valence-corrected chi connectivity index (χ0v) is 14.5. The number of hydrogen-bond acceptors (Lipinski definition) is 2. The van der Waals surface area contributed by atoms with Crippen molar-refractivity contribution in [3.8, 4) is 0 Å². The summed E-state index contributed by atoms with van der Waals surface area (Å²) in [5.74, 6) is 0.928. The van der Waals surface area contributed by atoms with Crippen molar-refractivity contribution in [2.24, 2.45) is 11.3 Å². The molecule has 118 valence electrons. The standard InChI is InChI=1S/C18H36N2/c1-17(2,3)14-18(4,5)20-12-11-19-16(13-20)15-9-7-6-8-10-15/h15-16,19H,6-14H2,1-5H3. The quantitative estimate of drug-likeness (QED) is 0.839. The highest BCUT2D eigenvalue weighted by Crippen LogP contribution is 2.34. The molecule has 1 aliphatic heterocycles. The Morgan fingerprint density at radius 3 is 2.25 bits per heavy atom. The summed E-state index contributed by atoms with van der Waals surface area (Å²) in [4.78, 5) is 2.76. The minimum absolute atomic E-state index is 0.327. The smallest absolute Gasteiger partial charge is 0.0223 e. The minimum Gasteiger partial charge on any atom is -0.311 e. The van der Waals surface area contributed by atoms with Crippen LogP contribution in [0.4, 0.5) is 0 Å². The molecule has 2 aliphatic rings. The van der Waals surface area contributed by atoms with Gasteiger partial charge in [0, 0.05) is 31.2 Å². The summed E-state index contributed by atoms with van der Waals surface area (Å²) in [5.41, 5.74) is 0.738. The molecular formula is C18H36N2. The first-order valence-electron chi connectivity index (χ1n) is 8.76. The summed E-state index contributed by atoms with van der Waals surface area (Å²) < 4.78 is 0. The number of rotatable bonds is 3. The average Bonchev–Trinajstić information content (AvgIpc) is 2.37. The van der Waals surface area contributed by atoms with Crippen molar-refractivity contribution >= 4 is 0 Å². The highest BCUT2D eigenvalue weighted by atomic mass is 15.2. The molecule has 0 spiro atoms. The average molecular weight is 280 g/mol. The topological polar surface area (TPSA) is 15.3 Å². The van der Waals surface area contributed by atoms with Gasteiger partial charge in [-0.1, -0.05) is 40.0 Å². The molecule has 1 aliphatic carbocycles. The van der Waals surface area contributed by atoms with E-state index in [2.05, 4.69) is 44.8 Å². The van der Waals surface area contributed by atoms with Crippen LogP contribution in [0.3, 0.4) is 0 Å². The molecular weight excluding hydrogens is 244 g/mol. The Hall–Kier alpha value is -0.0800. The molecule has 0 aromatic rings. The van der Waals surface area contributed by atoms with E-state index in [1.807, 2.05) is 0 Å². The molecule has 1 unspecified atom stereocenters. The van der Waals surface area contributed by atoms with E-state index in [1.165, 1.54) is 58.2 Å². The van der Waals surface area contributed by atoms with Crippen molar-refractivity contribution in [3.63, 3.8) is 0 Å². The summed E-state index contributed by atoms with van der Waals surface area (Å²) in [5, 5.41) is 3.81. The summed E-state index contributed by atoms with van der Waals surface area (Å²) in [6, 6.07) is 0.739. The van der Waals surface area contributed by atoms with Gasteiger partial charge in [0.1, 0.15) is 0 Å². The molecule has 20 heavy (non-hydrogen) atoms. The lowest BCUT2D eigenvalue weighted by atomic mass is 9.79. The molecule has 1 N–H and O–H groups in total. The Morgan fingerprint density at radius 1 is 1.00 bits per heavy atom. The molecule has 2 fully saturated rings. The Morgan fingerprint density at radius 2 is 1.65 bits per heavy atom.